The van der Waals surface area contributed by atoms with E-state index < -0.39 is 75.2 Å². The van der Waals surface area contributed by atoms with Crippen molar-refractivity contribution in [3.63, 3.8) is 0 Å². The van der Waals surface area contributed by atoms with Gasteiger partial charge < -0.3 is 46.0 Å². The Balaban J connectivity index is 2.50. The topological polar surface area (TPSA) is 226 Å². The Hall–Kier alpha value is -1.48. The van der Waals surface area contributed by atoms with Gasteiger partial charge in [0.1, 0.15) is 36.6 Å². The molecule has 13 nitrogen and oxygen atoms in total. The van der Waals surface area contributed by atoms with E-state index in [4.69, 9.17) is 9.05 Å². The number of unbranched alkanes of at least 4 members (excludes halogenated alkanes) is 19. The first kappa shape index (κ1) is 54.5. The molecule has 1 fully saturated rings. The Morgan fingerprint density at radius 1 is 0.621 bits per heavy atom. The average molecular weight is 848 g/mol. The third-order valence-electron chi connectivity index (χ3n) is 10.7. The number of aliphatic hydroxyl groups excluding tert-OH is 7. The van der Waals surface area contributed by atoms with E-state index >= 15 is 0 Å². The van der Waals surface area contributed by atoms with E-state index in [0.29, 0.717) is 19.3 Å². The lowest BCUT2D eigenvalue weighted by Gasteiger charge is -2.41. The number of phosphoric acid groups is 1. The van der Waals surface area contributed by atoms with Crippen molar-refractivity contribution in [2.24, 2.45) is 0 Å². The highest BCUT2D eigenvalue weighted by Gasteiger charge is 2.51. The van der Waals surface area contributed by atoms with Crippen LogP contribution in [-0.2, 0) is 18.4 Å². The van der Waals surface area contributed by atoms with Crippen LogP contribution in [-0.4, -0.2) is 108 Å². The molecule has 1 amide bonds. The number of rotatable bonds is 36. The zero-order chi connectivity index (χ0) is 43.0. The van der Waals surface area contributed by atoms with Gasteiger partial charge in [-0.3, -0.25) is 13.8 Å². The zero-order valence-electron chi connectivity index (χ0n) is 35.7. The second kappa shape index (κ2) is 34.1. The summed E-state index contributed by atoms with van der Waals surface area (Å²) in [7, 11) is -5.14. The summed E-state index contributed by atoms with van der Waals surface area (Å²) in [6, 6.07) is -1.26. The minimum atomic E-state index is -5.14. The number of carbonyl (C=O) groups excluding carboxylic acids is 1. The fourth-order valence-electron chi connectivity index (χ4n) is 7.04. The van der Waals surface area contributed by atoms with Crippen molar-refractivity contribution >= 4 is 13.7 Å². The van der Waals surface area contributed by atoms with Gasteiger partial charge in [-0.05, 0) is 38.5 Å². The number of nitrogens with one attached hydrogen (secondary N) is 1. The summed E-state index contributed by atoms with van der Waals surface area (Å²) in [6.45, 7) is 3.58. The molecule has 14 heteroatoms. The van der Waals surface area contributed by atoms with E-state index in [1.54, 1.807) is 6.08 Å². The van der Waals surface area contributed by atoms with Crippen LogP contribution in [0, 0.1) is 0 Å². The van der Waals surface area contributed by atoms with Crippen LogP contribution in [0.25, 0.3) is 0 Å². The Labute approximate surface area is 349 Å². The van der Waals surface area contributed by atoms with Gasteiger partial charge in [0, 0.05) is 0 Å². The minimum Gasteiger partial charge on any atom is -0.393 e. The molecule has 58 heavy (non-hydrogen) atoms. The quantitative estimate of drug-likeness (QED) is 0.0177. The molecule has 8 unspecified atom stereocenters. The third-order valence-corrected chi connectivity index (χ3v) is 11.7. The second-order valence-electron chi connectivity index (χ2n) is 16.0. The number of allylic oxidation sites excluding steroid dienone is 5. The Morgan fingerprint density at radius 2 is 1.03 bits per heavy atom. The number of phosphoric ester groups is 1. The van der Waals surface area contributed by atoms with E-state index in [0.717, 1.165) is 44.9 Å². The highest BCUT2D eigenvalue weighted by atomic mass is 31.2. The lowest BCUT2D eigenvalue weighted by molar-refractivity contribution is -0.220. The number of amides is 1. The van der Waals surface area contributed by atoms with Gasteiger partial charge in [-0.15, -0.1) is 0 Å². The smallest absolute Gasteiger partial charge is 0.393 e. The first-order chi connectivity index (χ1) is 27.8. The predicted molar refractivity (Wildman–Crippen MR) is 229 cm³/mol. The molecule has 1 saturated carbocycles. The van der Waals surface area contributed by atoms with Crippen molar-refractivity contribution in [1.82, 2.24) is 5.32 Å². The number of carbonyl (C=O) groups is 1. The van der Waals surface area contributed by atoms with Crippen LogP contribution in [0.1, 0.15) is 174 Å². The van der Waals surface area contributed by atoms with Gasteiger partial charge in [0.05, 0.1) is 31.3 Å². The normalized spacial score (nSPS) is 24.1. The summed E-state index contributed by atoms with van der Waals surface area (Å²) in [6.07, 6.45) is 24.1. The van der Waals surface area contributed by atoms with E-state index in [1.165, 1.54) is 96.0 Å². The van der Waals surface area contributed by atoms with Gasteiger partial charge in [0.2, 0.25) is 5.91 Å². The lowest BCUT2D eigenvalue weighted by Crippen LogP contribution is -2.64. The van der Waals surface area contributed by atoms with E-state index in [9.17, 15) is 50.0 Å². The fraction of sp³-hybridized carbons (Fsp3) is 0.841. The zero-order valence-corrected chi connectivity index (χ0v) is 36.6. The van der Waals surface area contributed by atoms with Gasteiger partial charge >= 0.3 is 7.82 Å². The van der Waals surface area contributed by atoms with Crippen LogP contribution < -0.4 is 5.32 Å². The summed E-state index contributed by atoms with van der Waals surface area (Å²) in [4.78, 5) is 23.3. The van der Waals surface area contributed by atoms with Gasteiger partial charge in [0.25, 0.3) is 0 Å². The van der Waals surface area contributed by atoms with Crippen LogP contribution in [0.2, 0.25) is 0 Å². The van der Waals surface area contributed by atoms with E-state index in [2.05, 4.69) is 37.4 Å². The number of hydrogen-bond donors (Lipinski definition) is 9. The molecule has 0 aromatic carbocycles. The van der Waals surface area contributed by atoms with Crippen molar-refractivity contribution in [3.8, 4) is 0 Å². The molecule has 0 heterocycles. The van der Waals surface area contributed by atoms with Crippen LogP contribution >= 0.6 is 7.82 Å². The molecular weight excluding hydrogens is 765 g/mol. The Bertz CT molecular complexity index is 1140. The Kier molecular flexibility index (Phi) is 32.1. The van der Waals surface area contributed by atoms with Crippen LogP contribution in [0.5, 0.6) is 0 Å². The summed E-state index contributed by atoms with van der Waals surface area (Å²) < 4.78 is 22.8. The summed E-state index contributed by atoms with van der Waals surface area (Å²) in [5.74, 6) is -0.608. The molecule has 1 aliphatic carbocycles. The summed E-state index contributed by atoms with van der Waals surface area (Å²) >= 11 is 0. The molecular formula is C44H82NO12P. The largest absolute Gasteiger partial charge is 0.472 e. The van der Waals surface area contributed by atoms with Crippen molar-refractivity contribution in [3.05, 3.63) is 36.5 Å². The first-order valence-electron chi connectivity index (χ1n) is 22.5. The van der Waals surface area contributed by atoms with Gasteiger partial charge in [-0.2, -0.15) is 0 Å². The lowest BCUT2D eigenvalue weighted by atomic mass is 9.85. The molecule has 0 aliphatic heterocycles. The predicted octanol–water partition coefficient (Wildman–Crippen LogP) is 6.97. The molecule has 0 saturated heterocycles. The maximum absolute atomic E-state index is 12.9. The maximum Gasteiger partial charge on any atom is 0.472 e. The van der Waals surface area contributed by atoms with Crippen molar-refractivity contribution in [1.29, 1.82) is 0 Å². The molecule has 0 bridgehead atoms. The molecule has 0 aromatic rings. The molecule has 9 N–H and O–H groups in total. The van der Waals surface area contributed by atoms with Crippen molar-refractivity contribution in [2.75, 3.05) is 6.61 Å². The maximum atomic E-state index is 12.9. The second-order valence-corrected chi connectivity index (χ2v) is 17.4. The Morgan fingerprint density at radius 3 is 1.50 bits per heavy atom. The average Bonchev–Trinajstić information content (AvgIpc) is 3.19. The first-order valence-corrected chi connectivity index (χ1v) is 24.0. The molecule has 8 atom stereocenters. The van der Waals surface area contributed by atoms with E-state index in [-0.39, 0.29) is 6.42 Å². The SMILES string of the molecule is CC/C=C/CC/C=C/CC/C=C/C(O)C(COP(=O)(O)OC1C(O)C(O)C(O)C(O)C1O)NC(=O)CC(O)CCCCCCCCCCCCCCCCCCCC. The van der Waals surface area contributed by atoms with Gasteiger partial charge in [-0.1, -0.05) is 166 Å². The van der Waals surface area contributed by atoms with E-state index in [1.807, 2.05) is 6.08 Å². The van der Waals surface area contributed by atoms with Gasteiger partial charge in [-0.25, -0.2) is 4.57 Å². The van der Waals surface area contributed by atoms with Crippen LogP contribution in [0.3, 0.4) is 0 Å². The molecule has 340 valence electrons. The van der Waals surface area contributed by atoms with Crippen molar-refractivity contribution in [2.45, 2.75) is 229 Å². The number of aliphatic hydroxyl groups is 7. The molecule has 0 spiro atoms. The molecule has 0 aromatic heterocycles. The standard InChI is InChI=1S/C44H82NO12P/c1-3-5-7-9-11-13-15-16-17-18-19-20-21-22-23-25-27-29-31-35(46)33-38(48)45-36(37(47)32-30-28-26-24-14-12-10-8-6-4-2)34-56-58(54,55)57-44-42(52)40(50)39(49)41(51)43(44)53/h6,8,14,24,30,32,35-37,39-44,46-47,49-53H,3-5,7,9-13,15-23,25-29,31,33-34H2,1-2H3,(H,45,48)(H,54,55)/b8-6+,24-14+,32-30+. The fourth-order valence-corrected chi connectivity index (χ4v) is 8.01. The monoisotopic (exact) mass is 848 g/mol. The summed E-state index contributed by atoms with van der Waals surface area (Å²) in [5.41, 5.74) is 0. The molecule has 1 rings (SSSR count). The van der Waals surface area contributed by atoms with Crippen LogP contribution in [0.15, 0.2) is 36.5 Å². The minimum absolute atomic E-state index is 0.254. The molecule has 1 aliphatic rings. The highest BCUT2D eigenvalue weighted by molar-refractivity contribution is 7.47. The third kappa shape index (κ3) is 26.0. The summed E-state index contributed by atoms with van der Waals surface area (Å²) in [5, 5.41) is 74.2. The number of hydrogen-bond acceptors (Lipinski definition) is 11. The van der Waals surface area contributed by atoms with Gasteiger partial charge in [0.15, 0.2) is 0 Å². The van der Waals surface area contributed by atoms with Crippen molar-refractivity contribution < 1.29 is 59.0 Å². The molecule has 0 radical (unpaired) electrons. The van der Waals surface area contributed by atoms with Crippen LogP contribution in [0.4, 0.5) is 0 Å². The highest BCUT2D eigenvalue weighted by Crippen LogP contribution is 2.47.